The highest BCUT2D eigenvalue weighted by Crippen LogP contribution is 2.32. The Balaban J connectivity index is 1.26. The maximum atomic E-state index is 13.4. The first-order valence-electron chi connectivity index (χ1n) is 11.3. The molecule has 7 nitrogen and oxygen atoms in total. The van der Waals surface area contributed by atoms with Crippen molar-refractivity contribution in [1.29, 1.82) is 0 Å². The number of hydrogen-bond acceptors (Lipinski definition) is 5. The summed E-state index contributed by atoms with van der Waals surface area (Å²) in [4.78, 5) is 36.5. The number of rotatable bonds is 5. The summed E-state index contributed by atoms with van der Waals surface area (Å²) in [6.07, 6.45) is 3.03. The number of benzene rings is 1. The molecule has 3 aromatic heterocycles. The maximum Gasteiger partial charge on any atom is 0.280 e. The van der Waals surface area contributed by atoms with Crippen LogP contribution in [0.15, 0.2) is 53.6 Å². The summed E-state index contributed by atoms with van der Waals surface area (Å²) in [6.45, 7) is 0. The molecule has 180 valence electrons. The van der Waals surface area contributed by atoms with E-state index in [4.69, 9.17) is 11.6 Å². The van der Waals surface area contributed by atoms with Gasteiger partial charge in [-0.3, -0.25) is 14.6 Å². The summed E-state index contributed by atoms with van der Waals surface area (Å²) >= 11 is 6.12. The molecule has 0 atom stereocenters. The zero-order chi connectivity index (χ0) is 24.5. The van der Waals surface area contributed by atoms with Crippen molar-refractivity contribution >= 4 is 45.1 Å². The Hall–Kier alpha value is -3.59. The minimum absolute atomic E-state index is 0.0242. The van der Waals surface area contributed by atoms with E-state index in [2.05, 4.69) is 25.6 Å². The first kappa shape index (κ1) is 23.2. The first-order chi connectivity index (χ1) is 16.9. The summed E-state index contributed by atoms with van der Waals surface area (Å²) in [6, 6.07) is 9.71. The van der Waals surface area contributed by atoms with Crippen LogP contribution in [0.4, 0.5) is 14.5 Å². The lowest BCUT2D eigenvalue weighted by Gasteiger charge is -2.30. The van der Waals surface area contributed by atoms with Crippen molar-refractivity contribution in [2.24, 2.45) is 0 Å². The van der Waals surface area contributed by atoms with Crippen molar-refractivity contribution in [3.05, 3.63) is 75.3 Å². The maximum absolute atomic E-state index is 13.4. The number of fused-ring (bicyclic) bond motifs is 2. The molecule has 1 fully saturated rings. The number of aromatic amines is 1. The first-order valence-corrected chi connectivity index (χ1v) is 11.7. The molecule has 0 unspecified atom stereocenters. The van der Waals surface area contributed by atoms with Crippen LogP contribution in [0.3, 0.4) is 0 Å². The van der Waals surface area contributed by atoms with Gasteiger partial charge in [-0.05, 0) is 62.1 Å². The number of nitrogens with zero attached hydrogens (tertiary/aromatic N) is 2. The van der Waals surface area contributed by atoms with E-state index in [0.29, 0.717) is 40.0 Å². The second-order valence-electron chi connectivity index (χ2n) is 8.65. The Morgan fingerprint density at radius 3 is 2.66 bits per heavy atom. The number of carbonyl (C=O) groups is 1. The van der Waals surface area contributed by atoms with Crippen LogP contribution in [0.5, 0.6) is 0 Å². The largest absolute Gasteiger partial charge is 0.382 e. The van der Waals surface area contributed by atoms with Crippen LogP contribution in [-0.2, 0) is 0 Å². The Morgan fingerprint density at radius 2 is 1.89 bits per heavy atom. The van der Waals surface area contributed by atoms with Crippen LogP contribution >= 0.6 is 11.6 Å². The molecule has 0 aliphatic heterocycles. The van der Waals surface area contributed by atoms with Gasteiger partial charge in [0, 0.05) is 40.6 Å². The highest BCUT2D eigenvalue weighted by Gasteiger charge is 2.25. The van der Waals surface area contributed by atoms with Crippen molar-refractivity contribution in [3.8, 4) is 0 Å². The number of alkyl halides is 2. The average Bonchev–Trinajstić information content (AvgIpc) is 2.85. The molecule has 3 N–H and O–H groups in total. The van der Waals surface area contributed by atoms with E-state index < -0.39 is 17.8 Å². The molecule has 0 radical (unpaired) electrons. The van der Waals surface area contributed by atoms with Gasteiger partial charge in [0.15, 0.2) is 0 Å². The highest BCUT2D eigenvalue weighted by atomic mass is 35.5. The molecule has 1 amide bonds. The fourth-order valence-electron chi connectivity index (χ4n) is 4.53. The third-order valence-electron chi connectivity index (χ3n) is 6.32. The molecule has 10 heteroatoms. The number of pyridine rings is 3. The minimum atomic E-state index is -2.69. The minimum Gasteiger partial charge on any atom is -0.382 e. The molecule has 1 aliphatic carbocycles. The molecular formula is C25H22ClF2N5O2. The molecule has 1 aromatic carbocycles. The molecular weight excluding hydrogens is 476 g/mol. The summed E-state index contributed by atoms with van der Waals surface area (Å²) in [7, 11) is 0. The molecule has 4 aromatic rings. The molecule has 3 heterocycles. The SMILES string of the molecule is O=C(NC1CCC(Nc2cc(C(F)F)nc3ccc(Cl)cc23)CC1)c1c[nH]c2cccnc2c1=O. The molecule has 35 heavy (non-hydrogen) atoms. The molecule has 0 saturated heterocycles. The highest BCUT2D eigenvalue weighted by molar-refractivity contribution is 6.31. The van der Waals surface area contributed by atoms with Gasteiger partial charge < -0.3 is 15.6 Å². The Labute approximate surface area is 203 Å². The number of carbonyl (C=O) groups excluding carboxylic acids is 1. The van der Waals surface area contributed by atoms with Crippen molar-refractivity contribution in [2.75, 3.05) is 5.32 Å². The van der Waals surface area contributed by atoms with Gasteiger partial charge in [0.25, 0.3) is 12.3 Å². The number of nitrogens with one attached hydrogen (secondary N) is 3. The lowest BCUT2D eigenvalue weighted by atomic mass is 9.90. The van der Waals surface area contributed by atoms with Gasteiger partial charge in [0.2, 0.25) is 5.43 Å². The Kier molecular flexibility index (Phi) is 6.34. The van der Waals surface area contributed by atoms with E-state index in [1.54, 1.807) is 30.3 Å². The predicted molar refractivity (Wildman–Crippen MR) is 131 cm³/mol. The third-order valence-corrected chi connectivity index (χ3v) is 6.56. The smallest absolute Gasteiger partial charge is 0.280 e. The molecule has 0 bridgehead atoms. The normalized spacial score (nSPS) is 18.2. The number of amides is 1. The fourth-order valence-corrected chi connectivity index (χ4v) is 4.70. The zero-order valence-electron chi connectivity index (χ0n) is 18.5. The van der Waals surface area contributed by atoms with Crippen LogP contribution in [-0.4, -0.2) is 32.9 Å². The summed E-state index contributed by atoms with van der Waals surface area (Å²) in [5.74, 6) is -0.438. The molecule has 0 spiro atoms. The van der Waals surface area contributed by atoms with Gasteiger partial charge in [-0.15, -0.1) is 0 Å². The quantitative estimate of drug-likeness (QED) is 0.351. The average molecular weight is 498 g/mol. The fraction of sp³-hybridized carbons (Fsp3) is 0.280. The van der Waals surface area contributed by atoms with Gasteiger partial charge in [0.05, 0.1) is 11.0 Å². The number of hydrogen-bond donors (Lipinski definition) is 3. The van der Waals surface area contributed by atoms with Crippen LogP contribution in [0, 0.1) is 0 Å². The van der Waals surface area contributed by atoms with E-state index in [-0.39, 0.29) is 28.9 Å². The van der Waals surface area contributed by atoms with Gasteiger partial charge in [-0.2, -0.15) is 0 Å². The Bertz CT molecular complexity index is 1470. The van der Waals surface area contributed by atoms with Crippen molar-refractivity contribution in [2.45, 2.75) is 44.2 Å². The Morgan fingerprint density at radius 1 is 1.11 bits per heavy atom. The standard InChI is InChI=1S/C25H22ClF2N5O2/c26-13-3-8-18-16(10-13)20(11-21(33-18)24(27)28)31-14-4-6-15(7-5-14)32-25(35)17-12-30-19-2-1-9-29-22(19)23(17)34/h1-3,8-12,14-15,24H,4-7H2,(H,30,34)(H,31,33)(H,32,35). The van der Waals surface area contributed by atoms with E-state index in [1.807, 2.05) is 0 Å². The summed E-state index contributed by atoms with van der Waals surface area (Å²) in [5.41, 5.74) is 1.13. The molecule has 1 saturated carbocycles. The van der Waals surface area contributed by atoms with E-state index >= 15 is 0 Å². The lowest BCUT2D eigenvalue weighted by Crippen LogP contribution is -2.41. The van der Waals surface area contributed by atoms with E-state index in [1.165, 1.54) is 18.5 Å². The summed E-state index contributed by atoms with van der Waals surface area (Å²) < 4.78 is 26.8. The zero-order valence-corrected chi connectivity index (χ0v) is 19.3. The number of halogens is 3. The van der Waals surface area contributed by atoms with E-state index in [0.717, 1.165) is 12.8 Å². The molecule has 5 rings (SSSR count). The van der Waals surface area contributed by atoms with E-state index in [9.17, 15) is 18.4 Å². The van der Waals surface area contributed by atoms with Crippen LogP contribution < -0.4 is 16.1 Å². The lowest BCUT2D eigenvalue weighted by molar-refractivity contribution is 0.0925. The predicted octanol–water partition coefficient (Wildman–Crippen LogP) is 5.22. The van der Waals surface area contributed by atoms with Crippen molar-refractivity contribution in [1.82, 2.24) is 20.3 Å². The topological polar surface area (TPSA) is 99.8 Å². The van der Waals surface area contributed by atoms with Crippen LogP contribution in [0.2, 0.25) is 5.02 Å². The van der Waals surface area contributed by atoms with Crippen molar-refractivity contribution in [3.63, 3.8) is 0 Å². The second-order valence-corrected chi connectivity index (χ2v) is 9.09. The summed E-state index contributed by atoms with van der Waals surface area (Å²) in [5, 5.41) is 7.50. The van der Waals surface area contributed by atoms with Crippen LogP contribution in [0.1, 0.15) is 48.2 Å². The van der Waals surface area contributed by atoms with Gasteiger partial charge in [0.1, 0.15) is 16.8 Å². The molecule has 1 aliphatic rings. The third kappa shape index (κ3) is 4.81. The van der Waals surface area contributed by atoms with Crippen LogP contribution in [0.25, 0.3) is 21.9 Å². The number of aromatic nitrogens is 3. The monoisotopic (exact) mass is 497 g/mol. The van der Waals surface area contributed by atoms with Gasteiger partial charge in [-0.1, -0.05) is 11.6 Å². The number of anilines is 1. The van der Waals surface area contributed by atoms with Crippen molar-refractivity contribution < 1.29 is 13.6 Å². The van der Waals surface area contributed by atoms with Gasteiger partial charge >= 0.3 is 0 Å². The van der Waals surface area contributed by atoms with Gasteiger partial charge in [-0.25, -0.2) is 13.8 Å². The number of H-pyrrole nitrogens is 1. The second kappa shape index (κ2) is 9.58.